The summed E-state index contributed by atoms with van der Waals surface area (Å²) in [6.45, 7) is 13.0. The SMILES string of the molecule is COCCCCn1c(C(=O)N(CC(C)C)C2C[C@@H](C(=O)N3CCCC3)CN(C(=O)OC(C)(C)C)C2)nc2cc(F)ccc21. The molecule has 2 aliphatic rings. The molecule has 2 atom stereocenters. The molecule has 10 nitrogen and oxygen atoms in total. The van der Waals surface area contributed by atoms with Crippen molar-refractivity contribution in [3.63, 3.8) is 0 Å². The molecular weight excluding hydrogens is 553 g/mol. The van der Waals surface area contributed by atoms with Crippen LogP contribution in [0.5, 0.6) is 0 Å². The highest BCUT2D eigenvalue weighted by atomic mass is 19.1. The summed E-state index contributed by atoms with van der Waals surface area (Å²) in [5.74, 6) is -0.790. The van der Waals surface area contributed by atoms with E-state index >= 15 is 0 Å². The molecule has 2 fully saturated rings. The highest BCUT2D eigenvalue weighted by molar-refractivity contribution is 5.95. The normalized spacial score (nSPS) is 19.3. The number of hydrogen-bond donors (Lipinski definition) is 0. The molecule has 3 heterocycles. The standard InChI is InChI=1S/C32H48FN5O5/c1-22(2)19-38(30(40)28-34-26-18-24(33)11-12-27(26)37(28)15-9-10-16-42-6)25-17-23(29(39)35-13-7-8-14-35)20-36(21-25)31(41)43-32(3,4)5/h11-12,18,22-23,25H,7-10,13-17,19-21H2,1-6H3/t23-,25?/m1/s1. The van der Waals surface area contributed by atoms with Crippen molar-refractivity contribution in [3.8, 4) is 0 Å². The minimum Gasteiger partial charge on any atom is -0.444 e. The van der Waals surface area contributed by atoms with Crippen molar-refractivity contribution in [2.75, 3.05) is 46.4 Å². The average molecular weight is 602 g/mol. The zero-order chi connectivity index (χ0) is 31.3. The van der Waals surface area contributed by atoms with E-state index in [2.05, 4.69) is 4.98 Å². The molecule has 0 saturated carbocycles. The van der Waals surface area contributed by atoms with Crippen molar-refractivity contribution in [2.24, 2.45) is 11.8 Å². The van der Waals surface area contributed by atoms with Crippen LogP contribution >= 0.6 is 0 Å². The van der Waals surface area contributed by atoms with Gasteiger partial charge in [0.25, 0.3) is 5.91 Å². The number of piperidine rings is 1. The largest absolute Gasteiger partial charge is 0.444 e. The lowest BCUT2D eigenvalue weighted by Crippen LogP contribution is -2.58. The highest BCUT2D eigenvalue weighted by Gasteiger charge is 2.42. The van der Waals surface area contributed by atoms with Gasteiger partial charge in [-0.1, -0.05) is 13.8 Å². The lowest BCUT2D eigenvalue weighted by atomic mass is 9.91. The number of fused-ring (bicyclic) bond motifs is 1. The summed E-state index contributed by atoms with van der Waals surface area (Å²) in [5, 5.41) is 0. The summed E-state index contributed by atoms with van der Waals surface area (Å²) in [4.78, 5) is 51.3. The minimum absolute atomic E-state index is 0.0218. The second-order valence-corrected chi connectivity index (χ2v) is 13.3. The van der Waals surface area contributed by atoms with E-state index in [1.807, 2.05) is 44.1 Å². The van der Waals surface area contributed by atoms with Crippen LogP contribution in [-0.2, 0) is 20.8 Å². The van der Waals surface area contributed by atoms with Crippen LogP contribution in [0.15, 0.2) is 18.2 Å². The van der Waals surface area contributed by atoms with E-state index in [9.17, 15) is 18.8 Å². The maximum Gasteiger partial charge on any atom is 0.410 e. The fourth-order valence-electron chi connectivity index (χ4n) is 6.08. The Morgan fingerprint density at radius 1 is 1.09 bits per heavy atom. The lowest BCUT2D eigenvalue weighted by molar-refractivity contribution is -0.137. The molecule has 0 bridgehead atoms. The van der Waals surface area contributed by atoms with Gasteiger partial charge in [0.1, 0.15) is 11.4 Å². The molecule has 0 N–H and O–H groups in total. The topological polar surface area (TPSA) is 97.2 Å². The summed E-state index contributed by atoms with van der Waals surface area (Å²) < 4.78 is 27.0. The van der Waals surface area contributed by atoms with E-state index in [4.69, 9.17) is 9.47 Å². The van der Waals surface area contributed by atoms with Crippen molar-refractivity contribution in [3.05, 3.63) is 29.8 Å². The Labute approximate surface area is 254 Å². The fraction of sp³-hybridized carbons (Fsp3) is 0.688. The number of hydrogen-bond acceptors (Lipinski definition) is 6. The number of methoxy groups -OCH3 is 1. The van der Waals surface area contributed by atoms with Crippen LogP contribution in [0, 0.1) is 17.7 Å². The van der Waals surface area contributed by atoms with Crippen LogP contribution in [0.2, 0.25) is 0 Å². The Bertz CT molecular complexity index is 1280. The molecule has 0 aliphatic carbocycles. The van der Waals surface area contributed by atoms with E-state index < -0.39 is 29.5 Å². The third-order valence-electron chi connectivity index (χ3n) is 7.99. The van der Waals surface area contributed by atoms with Gasteiger partial charge in [-0.05, 0) is 70.9 Å². The first kappa shape index (κ1) is 32.7. The van der Waals surface area contributed by atoms with Crippen molar-refractivity contribution >= 4 is 28.9 Å². The van der Waals surface area contributed by atoms with Crippen LogP contribution in [0.25, 0.3) is 11.0 Å². The van der Waals surface area contributed by atoms with Gasteiger partial charge in [0.05, 0.1) is 23.0 Å². The van der Waals surface area contributed by atoms with Gasteiger partial charge < -0.3 is 28.7 Å². The Morgan fingerprint density at radius 3 is 2.47 bits per heavy atom. The van der Waals surface area contributed by atoms with Crippen molar-refractivity contribution in [1.82, 2.24) is 24.3 Å². The Hall–Kier alpha value is -3.21. The quantitative estimate of drug-likeness (QED) is 0.358. The van der Waals surface area contributed by atoms with Crippen LogP contribution in [0.3, 0.4) is 0 Å². The number of aryl methyl sites for hydroxylation is 1. The zero-order valence-electron chi connectivity index (χ0n) is 26.6. The number of aromatic nitrogens is 2. The van der Waals surface area contributed by atoms with Crippen LogP contribution < -0.4 is 0 Å². The van der Waals surface area contributed by atoms with Gasteiger partial charge in [0.15, 0.2) is 5.82 Å². The molecule has 0 radical (unpaired) electrons. The summed E-state index contributed by atoms with van der Waals surface area (Å²) in [5.41, 5.74) is 0.406. The number of imidazole rings is 1. The van der Waals surface area contributed by atoms with E-state index in [0.29, 0.717) is 50.2 Å². The molecule has 2 aromatic rings. The number of carbonyl (C=O) groups excluding carboxylic acids is 3. The van der Waals surface area contributed by atoms with E-state index in [-0.39, 0.29) is 36.6 Å². The number of ether oxygens (including phenoxy) is 2. The number of benzene rings is 1. The summed E-state index contributed by atoms with van der Waals surface area (Å²) in [6, 6.07) is 3.96. The number of likely N-dealkylation sites (tertiary alicyclic amines) is 2. The predicted octanol–water partition coefficient (Wildman–Crippen LogP) is 4.95. The fourth-order valence-corrected chi connectivity index (χ4v) is 6.08. The summed E-state index contributed by atoms with van der Waals surface area (Å²) in [6.07, 6.45) is 3.44. The van der Waals surface area contributed by atoms with Crippen LogP contribution in [0.1, 0.15) is 77.3 Å². The second-order valence-electron chi connectivity index (χ2n) is 13.3. The molecule has 1 aromatic heterocycles. The molecule has 0 spiro atoms. The molecule has 11 heteroatoms. The number of carbonyl (C=O) groups is 3. The highest BCUT2D eigenvalue weighted by Crippen LogP contribution is 2.29. The lowest BCUT2D eigenvalue weighted by Gasteiger charge is -2.43. The third kappa shape index (κ3) is 8.25. The van der Waals surface area contributed by atoms with Gasteiger partial charge in [0, 0.05) is 59.1 Å². The van der Waals surface area contributed by atoms with Gasteiger partial charge in [0.2, 0.25) is 5.91 Å². The average Bonchev–Trinajstić information content (AvgIpc) is 3.60. The smallest absolute Gasteiger partial charge is 0.410 e. The van der Waals surface area contributed by atoms with Gasteiger partial charge in [-0.3, -0.25) is 9.59 Å². The van der Waals surface area contributed by atoms with Gasteiger partial charge in [-0.15, -0.1) is 0 Å². The van der Waals surface area contributed by atoms with Crippen molar-refractivity contribution < 1.29 is 28.2 Å². The molecule has 238 valence electrons. The number of rotatable bonds is 10. The first-order chi connectivity index (χ1) is 20.4. The third-order valence-corrected chi connectivity index (χ3v) is 7.99. The van der Waals surface area contributed by atoms with Gasteiger partial charge in [-0.25, -0.2) is 14.2 Å². The maximum atomic E-state index is 14.5. The molecule has 3 amide bonds. The minimum atomic E-state index is -0.700. The molecule has 1 aromatic carbocycles. The number of halogens is 1. The van der Waals surface area contributed by atoms with Crippen LogP contribution in [0.4, 0.5) is 9.18 Å². The maximum absolute atomic E-state index is 14.5. The zero-order valence-corrected chi connectivity index (χ0v) is 26.6. The number of unbranched alkanes of at least 4 members (excludes halogenated alkanes) is 1. The molecule has 2 aliphatic heterocycles. The number of nitrogens with zero attached hydrogens (tertiary/aromatic N) is 5. The molecule has 2 saturated heterocycles. The Kier molecular flexibility index (Phi) is 10.7. The number of amides is 3. The summed E-state index contributed by atoms with van der Waals surface area (Å²) >= 11 is 0. The van der Waals surface area contributed by atoms with Crippen molar-refractivity contribution in [1.29, 1.82) is 0 Å². The molecule has 1 unspecified atom stereocenters. The van der Waals surface area contributed by atoms with Gasteiger partial charge in [-0.2, -0.15) is 0 Å². The van der Waals surface area contributed by atoms with E-state index in [1.165, 1.54) is 12.1 Å². The van der Waals surface area contributed by atoms with Crippen molar-refractivity contribution in [2.45, 2.75) is 84.9 Å². The van der Waals surface area contributed by atoms with E-state index in [0.717, 1.165) is 25.7 Å². The van der Waals surface area contributed by atoms with E-state index in [1.54, 1.807) is 23.0 Å². The molecular formula is C32H48FN5O5. The second kappa shape index (κ2) is 14.1. The monoisotopic (exact) mass is 601 g/mol. The molecule has 4 rings (SSSR count). The molecule has 43 heavy (non-hydrogen) atoms. The Morgan fingerprint density at radius 2 is 1.81 bits per heavy atom. The van der Waals surface area contributed by atoms with Crippen LogP contribution in [-0.4, -0.2) is 100 Å². The Balaban J connectivity index is 1.70. The van der Waals surface area contributed by atoms with Gasteiger partial charge >= 0.3 is 6.09 Å². The first-order valence-electron chi connectivity index (χ1n) is 15.6. The predicted molar refractivity (Wildman–Crippen MR) is 162 cm³/mol. The summed E-state index contributed by atoms with van der Waals surface area (Å²) in [7, 11) is 1.65. The first-order valence-corrected chi connectivity index (χ1v) is 15.6.